The molecule has 2 aliphatic rings. The SMILES string of the molecule is COc1ccc(C2=C(C(=O)C(Cl)(Cl)Cl)C(=O)C(=O)C3(CCCC3)C2=O)cc1. The third-order valence-electron chi connectivity index (χ3n) is 5.10. The van der Waals surface area contributed by atoms with Crippen LogP contribution in [0.2, 0.25) is 0 Å². The molecular weight excluding hydrogens is 415 g/mol. The van der Waals surface area contributed by atoms with Gasteiger partial charge in [0, 0.05) is 5.57 Å². The third-order valence-corrected chi connectivity index (χ3v) is 5.61. The van der Waals surface area contributed by atoms with Gasteiger partial charge in [0.1, 0.15) is 11.2 Å². The molecule has 0 saturated heterocycles. The van der Waals surface area contributed by atoms with Gasteiger partial charge in [0.25, 0.3) is 3.79 Å². The second-order valence-corrected chi connectivity index (χ2v) is 8.86. The summed E-state index contributed by atoms with van der Waals surface area (Å²) in [6.45, 7) is 0. The average Bonchev–Trinajstić information content (AvgIpc) is 3.13. The number of carbonyl (C=O) groups excluding carboxylic acids is 4. The van der Waals surface area contributed by atoms with Crippen LogP contribution in [-0.2, 0) is 19.2 Å². The van der Waals surface area contributed by atoms with Crippen LogP contribution >= 0.6 is 34.8 Å². The first-order valence-corrected chi connectivity index (χ1v) is 9.41. The molecule has 1 aromatic carbocycles. The van der Waals surface area contributed by atoms with Crippen LogP contribution in [0.5, 0.6) is 5.75 Å². The first-order valence-electron chi connectivity index (χ1n) is 8.27. The molecular formula is C19H15Cl3O5. The van der Waals surface area contributed by atoms with Crippen molar-refractivity contribution < 1.29 is 23.9 Å². The molecule has 0 atom stereocenters. The van der Waals surface area contributed by atoms with Gasteiger partial charge in [-0.05, 0) is 30.5 Å². The third kappa shape index (κ3) is 3.22. The number of halogens is 3. The Morgan fingerprint density at radius 3 is 2.04 bits per heavy atom. The normalized spacial score (nSPS) is 19.8. The van der Waals surface area contributed by atoms with E-state index < -0.39 is 37.9 Å². The molecule has 0 bridgehead atoms. The van der Waals surface area contributed by atoms with E-state index in [1.165, 1.54) is 19.2 Å². The summed E-state index contributed by atoms with van der Waals surface area (Å²) in [5.74, 6) is -3.18. The Morgan fingerprint density at radius 1 is 1.00 bits per heavy atom. The maximum atomic E-state index is 13.4. The zero-order valence-corrected chi connectivity index (χ0v) is 16.6. The Hall–Kier alpha value is -1.69. The predicted octanol–water partition coefficient (Wildman–Crippen LogP) is 3.67. The van der Waals surface area contributed by atoms with Crippen molar-refractivity contribution in [1.29, 1.82) is 0 Å². The summed E-state index contributed by atoms with van der Waals surface area (Å²) in [7, 11) is 1.48. The molecule has 0 heterocycles. The predicted molar refractivity (Wildman–Crippen MR) is 101 cm³/mol. The summed E-state index contributed by atoms with van der Waals surface area (Å²) in [6, 6.07) is 6.22. The number of carbonyl (C=O) groups is 4. The molecule has 0 aromatic heterocycles. The van der Waals surface area contributed by atoms with Crippen LogP contribution in [0.3, 0.4) is 0 Å². The van der Waals surface area contributed by atoms with Crippen LogP contribution in [0.4, 0.5) is 0 Å². The van der Waals surface area contributed by atoms with Crippen LogP contribution in [0.1, 0.15) is 31.2 Å². The fourth-order valence-corrected chi connectivity index (χ4v) is 4.01. The standard InChI is InChI=1S/C19H15Cl3O5/c1-27-11-6-4-10(5-7-11)12-13(16(25)19(20,21)22)14(23)17(26)18(15(12)24)8-2-3-9-18/h4-7H,2-3,8-9H2,1H3. The van der Waals surface area contributed by atoms with Crippen molar-refractivity contribution in [3.63, 3.8) is 0 Å². The first kappa shape index (κ1) is 20.1. The van der Waals surface area contributed by atoms with E-state index in [4.69, 9.17) is 39.5 Å². The number of methoxy groups -OCH3 is 1. The molecule has 142 valence electrons. The number of hydrogen-bond donors (Lipinski definition) is 0. The van der Waals surface area contributed by atoms with Gasteiger partial charge in [0.05, 0.1) is 12.7 Å². The fourth-order valence-electron chi connectivity index (χ4n) is 3.72. The Labute approximate surface area is 170 Å². The maximum Gasteiger partial charge on any atom is 0.253 e. The van der Waals surface area contributed by atoms with Gasteiger partial charge < -0.3 is 4.74 Å². The van der Waals surface area contributed by atoms with Crippen molar-refractivity contribution in [2.75, 3.05) is 7.11 Å². The minimum absolute atomic E-state index is 0.166. The molecule has 0 amide bonds. The summed E-state index contributed by atoms with van der Waals surface area (Å²) in [4.78, 5) is 51.6. The number of ketones is 4. The van der Waals surface area contributed by atoms with E-state index in [0.717, 1.165) is 0 Å². The minimum atomic E-state index is -2.47. The Balaban J connectivity index is 2.28. The Kier molecular flexibility index (Phi) is 5.23. The molecule has 8 heteroatoms. The smallest absolute Gasteiger partial charge is 0.253 e. The van der Waals surface area contributed by atoms with Crippen molar-refractivity contribution in [3.05, 3.63) is 35.4 Å². The van der Waals surface area contributed by atoms with Crippen molar-refractivity contribution in [2.45, 2.75) is 29.5 Å². The van der Waals surface area contributed by atoms with Crippen LogP contribution in [0.15, 0.2) is 29.8 Å². The fraction of sp³-hybridized carbons (Fsp3) is 0.368. The van der Waals surface area contributed by atoms with Crippen LogP contribution in [-0.4, -0.2) is 34.0 Å². The molecule has 3 rings (SSSR count). The molecule has 1 fully saturated rings. The highest BCUT2D eigenvalue weighted by molar-refractivity contribution is 6.80. The van der Waals surface area contributed by atoms with E-state index in [1.54, 1.807) is 12.1 Å². The lowest BCUT2D eigenvalue weighted by molar-refractivity contribution is -0.146. The molecule has 1 aromatic rings. The van der Waals surface area contributed by atoms with Gasteiger partial charge >= 0.3 is 0 Å². The summed E-state index contributed by atoms with van der Waals surface area (Å²) in [6.07, 6.45) is 1.83. The summed E-state index contributed by atoms with van der Waals surface area (Å²) < 4.78 is 2.62. The van der Waals surface area contributed by atoms with Crippen molar-refractivity contribution in [2.24, 2.45) is 5.41 Å². The molecule has 5 nitrogen and oxygen atoms in total. The van der Waals surface area contributed by atoms with Crippen LogP contribution in [0.25, 0.3) is 5.57 Å². The van der Waals surface area contributed by atoms with Gasteiger partial charge in [0.15, 0.2) is 5.78 Å². The molecule has 2 aliphatic carbocycles. The summed E-state index contributed by atoms with van der Waals surface area (Å²) in [5, 5.41) is 0. The highest BCUT2D eigenvalue weighted by Gasteiger charge is 2.58. The molecule has 0 radical (unpaired) electrons. The van der Waals surface area contributed by atoms with Crippen molar-refractivity contribution in [1.82, 2.24) is 0 Å². The highest BCUT2D eigenvalue weighted by atomic mass is 35.6. The van der Waals surface area contributed by atoms with E-state index >= 15 is 0 Å². The number of alkyl halides is 3. The van der Waals surface area contributed by atoms with Gasteiger partial charge in [0.2, 0.25) is 17.3 Å². The van der Waals surface area contributed by atoms with Gasteiger partial charge in [-0.2, -0.15) is 0 Å². The highest BCUT2D eigenvalue weighted by Crippen LogP contribution is 2.48. The van der Waals surface area contributed by atoms with Crippen LogP contribution in [0, 0.1) is 5.41 Å². The monoisotopic (exact) mass is 428 g/mol. The maximum absolute atomic E-state index is 13.4. The van der Waals surface area contributed by atoms with Crippen molar-refractivity contribution in [3.8, 4) is 5.75 Å². The zero-order valence-electron chi connectivity index (χ0n) is 14.3. The van der Waals surface area contributed by atoms with E-state index in [1.807, 2.05) is 0 Å². The Bertz CT molecular complexity index is 872. The average molecular weight is 430 g/mol. The van der Waals surface area contributed by atoms with Gasteiger partial charge in [-0.1, -0.05) is 59.8 Å². The quantitative estimate of drug-likeness (QED) is 0.317. The number of allylic oxidation sites excluding steroid dienone is 2. The van der Waals surface area contributed by atoms with E-state index in [-0.39, 0.29) is 18.4 Å². The molecule has 1 spiro atoms. The number of Topliss-reactive ketones (excluding diaryl/α,β-unsaturated/α-hetero) is 4. The lowest BCUT2D eigenvalue weighted by Gasteiger charge is -2.32. The number of benzene rings is 1. The van der Waals surface area contributed by atoms with E-state index in [9.17, 15) is 19.2 Å². The number of hydrogen-bond acceptors (Lipinski definition) is 5. The topological polar surface area (TPSA) is 77.5 Å². The van der Waals surface area contributed by atoms with E-state index in [2.05, 4.69) is 0 Å². The van der Waals surface area contributed by atoms with Gasteiger partial charge in [-0.3, -0.25) is 19.2 Å². The number of rotatable bonds is 3. The summed E-state index contributed by atoms with van der Waals surface area (Å²) >= 11 is 17.0. The molecule has 27 heavy (non-hydrogen) atoms. The molecule has 0 unspecified atom stereocenters. The van der Waals surface area contributed by atoms with Crippen LogP contribution < -0.4 is 4.74 Å². The van der Waals surface area contributed by atoms with E-state index in [0.29, 0.717) is 24.2 Å². The summed E-state index contributed by atoms with van der Waals surface area (Å²) in [5.41, 5.74) is -1.96. The van der Waals surface area contributed by atoms with Gasteiger partial charge in [-0.15, -0.1) is 0 Å². The largest absolute Gasteiger partial charge is 0.497 e. The first-order chi connectivity index (χ1) is 12.6. The Morgan fingerprint density at radius 2 is 1.56 bits per heavy atom. The van der Waals surface area contributed by atoms with Gasteiger partial charge in [-0.25, -0.2) is 0 Å². The number of ether oxygens (including phenoxy) is 1. The molecule has 0 N–H and O–H groups in total. The lowest BCUT2D eigenvalue weighted by Crippen LogP contribution is -2.49. The molecule has 1 saturated carbocycles. The second-order valence-electron chi connectivity index (χ2n) is 6.58. The zero-order chi connectivity index (χ0) is 20.0. The van der Waals surface area contributed by atoms with Crippen molar-refractivity contribution >= 4 is 63.5 Å². The second kappa shape index (κ2) is 7.04. The molecule has 0 aliphatic heterocycles. The minimum Gasteiger partial charge on any atom is -0.497 e. The lowest BCUT2D eigenvalue weighted by atomic mass is 9.66.